The van der Waals surface area contributed by atoms with Crippen molar-refractivity contribution in [2.24, 2.45) is 5.92 Å². The lowest BCUT2D eigenvalue weighted by Gasteiger charge is -2.22. The molecule has 1 saturated carbocycles. The van der Waals surface area contributed by atoms with E-state index in [0.29, 0.717) is 5.02 Å². The van der Waals surface area contributed by atoms with E-state index in [4.69, 9.17) is 11.6 Å². The van der Waals surface area contributed by atoms with Crippen LogP contribution in [0.4, 0.5) is 0 Å². The number of nitrogens with zero attached hydrogens (tertiary/aromatic N) is 1. The molecule has 0 aromatic heterocycles. The minimum Gasteiger partial charge on any atom is -0.336 e. The molecular formula is C15H17ClN2O. The first kappa shape index (κ1) is 13.9. The van der Waals surface area contributed by atoms with Gasteiger partial charge in [-0.2, -0.15) is 5.26 Å². The predicted molar refractivity (Wildman–Crippen MR) is 74.5 cm³/mol. The van der Waals surface area contributed by atoms with Gasteiger partial charge in [0.1, 0.15) is 6.04 Å². The number of amides is 1. The fraction of sp³-hybridized carbons (Fsp3) is 0.467. The summed E-state index contributed by atoms with van der Waals surface area (Å²) in [5.74, 6) is 0.0677. The van der Waals surface area contributed by atoms with Crippen LogP contribution in [0.3, 0.4) is 0 Å². The van der Waals surface area contributed by atoms with E-state index < -0.39 is 6.04 Å². The molecular weight excluding hydrogens is 260 g/mol. The van der Waals surface area contributed by atoms with E-state index in [1.165, 1.54) is 6.42 Å². The molecule has 0 heterocycles. The first-order valence-corrected chi connectivity index (χ1v) is 7.04. The van der Waals surface area contributed by atoms with Crippen LogP contribution in [0.1, 0.15) is 43.7 Å². The molecule has 0 spiro atoms. The van der Waals surface area contributed by atoms with Crippen LogP contribution in [-0.2, 0) is 4.79 Å². The van der Waals surface area contributed by atoms with E-state index in [1.807, 2.05) is 0 Å². The molecule has 1 aromatic rings. The van der Waals surface area contributed by atoms with Gasteiger partial charge in [-0.15, -0.1) is 0 Å². The second kappa shape index (κ2) is 6.58. The van der Waals surface area contributed by atoms with Crippen molar-refractivity contribution >= 4 is 17.5 Å². The summed E-state index contributed by atoms with van der Waals surface area (Å²) in [7, 11) is 0. The van der Waals surface area contributed by atoms with Gasteiger partial charge in [-0.3, -0.25) is 4.79 Å². The van der Waals surface area contributed by atoms with Crippen molar-refractivity contribution < 1.29 is 4.79 Å². The maximum absolute atomic E-state index is 12.1. The number of carbonyl (C=O) groups excluding carboxylic acids is 1. The van der Waals surface area contributed by atoms with Crippen LogP contribution in [0.15, 0.2) is 24.3 Å². The quantitative estimate of drug-likeness (QED) is 0.917. The third-order valence-corrected chi connectivity index (χ3v) is 3.85. The molecule has 1 fully saturated rings. The summed E-state index contributed by atoms with van der Waals surface area (Å²) in [6.07, 6.45) is 5.30. The molecule has 1 aromatic carbocycles. The average Bonchev–Trinajstić information content (AvgIpc) is 2.46. The van der Waals surface area contributed by atoms with Crippen LogP contribution in [0, 0.1) is 17.2 Å². The standard InChI is InChI=1S/C15H17ClN2O/c16-13-8-6-11(7-9-13)14(10-17)18-15(19)12-4-2-1-3-5-12/h6-9,12,14H,1-5H2,(H,18,19). The second-order valence-electron chi connectivity index (χ2n) is 4.96. The molecule has 100 valence electrons. The largest absolute Gasteiger partial charge is 0.336 e. The van der Waals surface area contributed by atoms with E-state index >= 15 is 0 Å². The predicted octanol–water partition coefficient (Wildman–Crippen LogP) is 3.60. The van der Waals surface area contributed by atoms with Crippen molar-refractivity contribution in [3.63, 3.8) is 0 Å². The first-order chi connectivity index (χ1) is 9.20. The smallest absolute Gasteiger partial charge is 0.224 e. The van der Waals surface area contributed by atoms with Gasteiger partial charge in [-0.1, -0.05) is 43.0 Å². The summed E-state index contributed by atoms with van der Waals surface area (Å²) < 4.78 is 0. The molecule has 19 heavy (non-hydrogen) atoms. The Morgan fingerprint density at radius 1 is 1.26 bits per heavy atom. The zero-order valence-corrected chi connectivity index (χ0v) is 11.5. The molecule has 2 rings (SSSR count). The van der Waals surface area contributed by atoms with Gasteiger partial charge in [0.2, 0.25) is 5.91 Å². The zero-order valence-electron chi connectivity index (χ0n) is 10.7. The monoisotopic (exact) mass is 276 g/mol. The van der Waals surface area contributed by atoms with Gasteiger partial charge in [0.15, 0.2) is 0 Å². The van der Waals surface area contributed by atoms with Gasteiger partial charge in [-0.25, -0.2) is 0 Å². The Hall–Kier alpha value is -1.53. The lowest BCUT2D eigenvalue weighted by atomic mass is 9.88. The number of nitriles is 1. The van der Waals surface area contributed by atoms with Gasteiger partial charge in [0.05, 0.1) is 6.07 Å². The third-order valence-electron chi connectivity index (χ3n) is 3.59. The normalized spacial score (nSPS) is 17.5. The molecule has 0 bridgehead atoms. The molecule has 1 aliphatic rings. The maximum Gasteiger partial charge on any atom is 0.224 e. The highest BCUT2D eigenvalue weighted by Crippen LogP contribution is 2.25. The number of benzene rings is 1. The van der Waals surface area contributed by atoms with Crippen molar-refractivity contribution in [3.8, 4) is 6.07 Å². The SMILES string of the molecule is N#CC(NC(=O)C1CCCCC1)c1ccc(Cl)cc1. The summed E-state index contributed by atoms with van der Waals surface area (Å²) >= 11 is 5.82. The summed E-state index contributed by atoms with van der Waals surface area (Å²) in [5, 5.41) is 12.7. The summed E-state index contributed by atoms with van der Waals surface area (Å²) in [6, 6.07) is 8.55. The van der Waals surface area contributed by atoms with Gasteiger partial charge in [0, 0.05) is 10.9 Å². The highest BCUT2D eigenvalue weighted by atomic mass is 35.5. The Kier molecular flexibility index (Phi) is 4.81. The minimum absolute atomic E-state index is 0.00111. The highest BCUT2D eigenvalue weighted by molar-refractivity contribution is 6.30. The van der Waals surface area contributed by atoms with Gasteiger partial charge in [-0.05, 0) is 30.5 Å². The molecule has 0 aliphatic heterocycles. The van der Waals surface area contributed by atoms with Crippen molar-refractivity contribution in [1.82, 2.24) is 5.32 Å². The third kappa shape index (κ3) is 3.71. The summed E-state index contributed by atoms with van der Waals surface area (Å²) in [6.45, 7) is 0. The number of hydrogen-bond donors (Lipinski definition) is 1. The van der Waals surface area contributed by atoms with Crippen LogP contribution in [0.25, 0.3) is 0 Å². The van der Waals surface area contributed by atoms with E-state index in [1.54, 1.807) is 24.3 Å². The first-order valence-electron chi connectivity index (χ1n) is 6.66. The number of halogens is 1. The lowest BCUT2D eigenvalue weighted by Crippen LogP contribution is -2.34. The average molecular weight is 277 g/mol. The van der Waals surface area contributed by atoms with E-state index in [9.17, 15) is 10.1 Å². The lowest BCUT2D eigenvalue weighted by molar-refractivity contribution is -0.126. The number of nitrogens with one attached hydrogen (secondary N) is 1. The van der Waals surface area contributed by atoms with Crippen LogP contribution in [0.2, 0.25) is 5.02 Å². The molecule has 1 atom stereocenters. The van der Waals surface area contributed by atoms with Gasteiger partial charge < -0.3 is 5.32 Å². The molecule has 4 heteroatoms. The van der Waals surface area contributed by atoms with E-state index in [0.717, 1.165) is 31.2 Å². The summed E-state index contributed by atoms with van der Waals surface area (Å²) in [5.41, 5.74) is 0.774. The van der Waals surface area contributed by atoms with Crippen molar-refractivity contribution in [1.29, 1.82) is 5.26 Å². The van der Waals surface area contributed by atoms with Gasteiger partial charge in [0.25, 0.3) is 0 Å². The Morgan fingerprint density at radius 3 is 2.47 bits per heavy atom. The number of hydrogen-bond acceptors (Lipinski definition) is 2. The van der Waals surface area contributed by atoms with Crippen molar-refractivity contribution in [3.05, 3.63) is 34.9 Å². The summed E-state index contributed by atoms with van der Waals surface area (Å²) in [4.78, 5) is 12.1. The second-order valence-corrected chi connectivity index (χ2v) is 5.39. The Balaban J connectivity index is 2.00. The molecule has 1 aliphatic carbocycles. The van der Waals surface area contributed by atoms with E-state index in [-0.39, 0.29) is 11.8 Å². The molecule has 3 nitrogen and oxygen atoms in total. The van der Waals surface area contributed by atoms with E-state index in [2.05, 4.69) is 11.4 Å². The molecule has 1 unspecified atom stereocenters. The number of carbonyl (C=O) groups is 1. The molecule has 0 radical (unpaired) electrons. The van der Waals surface area contributed by atoms with Gasteiger partial charge >= 0.3 is 0 Å². The highest BCUT2D eigenvalue weighted by Gasteiger charge is 2.23. The van der Waals surface area contributed by atoms with Crippen LogP contribution < -0.4 is 5.32 Å². The zero-order chi connectivity index (χ0) is 13.7. The Labute approximate surface area is 118 Å². The van der Waals surface area contributed by atoms with Crippen molar-refractivity contribution in [2.75, 3.05) is 0 Å². The van der Waals surface area contributed by atoms with Crippen molar-refractivity contribution in [2.45, 2.75) is 38.1 Å². The fourth-order valence-corrected chi connectivity index (χ4v) is 2.60. The molecule has 1 amide bonds. The maximum atomic E-state index is 12.1. The topological polar surface area (TPSA) is 52.9 Å². The fourth-order valence-electron chi connectivity index (χ4n) is 2.47. The van der Waals surface area contributed by atoms with Crippen LogP contribution in [-0.4, -0.2) is 5.91 Å². The Bertz CT molecular complexity index is 472. The molecule has 0 saturated heterocycles. The van der Waals surface area contributed by atoms with Crippen LogP contribution in [0.5, 0.6) is 0 Å². The molecule has 1 N–H and O–H groups in total. The van der Waals surface area contributed by atoms with Crippen LogP contribution >= 0.6 is 11.6 Å². The Morgan fingerprint density at radius 2 is 1.89 bits per heavy atom. The minimum atomic E-state index is -0.591. The number of rotatable bonds is 3.